The molecule has 2 rings (SSSR count). The van der Waals surface area contributed by atoms with Crippen molar-refractivity contribution >= 4 is 52.3 Å². The van der Waals surface area contributed by atoms with Gasteiger partial charge < -0.3 is 37.5 Å². The van der Waals surface area contributed by atoms with Crippen molar-refractivity contribution < 1.29 is 29.1 Å². The minimum atomic E-state index is -1.23. The van der Waals surface area contributed by atoms with Crippen LogP contribution in [0.2, 0.25) is 0 Å². The molecular formula is C27H40N6O6S. The van der Waals surface area contributed by atoms with Gasteiger partial charge in [-0.2, -0.15) is 11.8 Å². The van der Waals surface area contributed by atoms with Crippen LogP contribution in [0.25, 0.3) is 10.9 Å². The molecular weight excluding hydrogens is 536 g/mol. The minimum absolute atomic E-state index is 0.0295. The molecule has 2 aromatic rings. The number of aliphatic carboxylic acids is 1. The summed E-state index contributed by atoms with van der Waals surface area (Å²) in [5, 5.41) is 18.6. The predicted octanol–water partition coefficient (Wildman–Crippen LogP) is 0.641. The van der Waals surface area contributed by atoms with Crippen molar-refractivity contribution in [3.05, 3.63) is 36.0 Å². The average Bonchev–Trinajstić information content (AvgIpc) is 3.33. The van der Waals surface area contributed by atoms with Crippen molar-refractivity contribution in [1.29, 1.82) is 0 Å². The Morgan fingerprint density at radius 2 is 1.68 bits per heavy atom. The van der Waals surface area contributed by atoms with E-state index in [1.165, 1.54) is 11.8 Å². The summed E-state index contributed by atoms with van der Waals surface area (Å²) in [7, 11) is 0. The van der Waals surface area contributed by atoms with Crippen molar-refractivity contribution in [2.24, 2.45) is 17.4 Å². The first-order valence-electron chi connectivity index (χ1n) is 13.2. The van der Waals surface area contributed by atoms with E-state index in [4.69, 9.17) is 11.5 Å². The second-order valence-corrected chi connectivity index (χ2v) is 10.8. The summed E-state index contributed by atoms with van der Waals surface area (Å²) >= 11 is 1.47. The summed E-state index contributed by atoms with van der Waals surface area (Å²) in [6.07, 6.45) is 4.36. The largest absolute Gasteiger partial charge is 0.480 e. The molecule has 1 heterocycles. The first-order valence-corrected chi connectivity index (χ1v) is 14.6. The Kier molecular flexibility index (Phi) is 12.9. The fraction of sp³-hybridized carbons (Fsp3) is 0.519. The molecule has 0 aliphatic heterocycles. The number of thioether (sulfide) groups is 1. The zero-order chi connectivity index (χ0) is 29.8. The van der Waals surface area contributed by atoms with Gasteiger partial charge in [0.1, 0.15) is 18.1 Å². The summed E-state index contributed by atoms with van der Waals surface area (Å²) in [6.45, 7) is 3.63. The number of hydrogen-bond acceptors (Lipinski definition) is 7. The van der Waals surface area contributed by atoms with Crippen molar-refractivity contribution in [3.63, 3.8) is 0 Å². The van der Waals surface area contributed by atoms with Gasteiger partial charge in [0.25, 0.3) is 0 Å². The number of aromatic amines is 1. The molecule has 9 N–H and O–H groups in total. The molecule has 0 aliphatic carbocycles. The van der Waals surface area contributed by atoms with E-state index in [-0.39, 0.29) is 31.6 Å². The average molecular weight is 577 g/mol. The molecule has 220 valence electrons. The van der Waals surface area contributed by atoms with E-state index in [2.05, 4.69) is 20.9 Å². The number of hydrogen-bond donors (Lipinski definition) is 7. The Bertz CT molecular complexity index is 1190. The van der Waals surface area contributed by atoms with Gasteiger partial charge in [-0.1, -0.05) is 38.5 Å². The standard InChI is InChI=1S/C27H40N6O6S/c1-4-15(2)23(33-24(35)18(28)9-10-22(29)34)26(37)31-20(11-12-40-3)25(36)32-21(27(38)39)13-16-14-30-19-8-6-5-7-17(16)19/h5-8,14-15,18,20-21,23,30H,4,9-13,28H2,1-3H3,(H2,29,34)(H,31,37)(H,32,36)(H,33,35)(H,38,39). The van der Waals surface area contributed by atoms with Gasteiger partial charge in [-0.05, 0) is 42.4 Å². The molecule has 40 heavy (non-hydrogen) atoms. The highest BCUT2D eigenvalue weighted by atomic mass is 32.2. The predicted molar refractivity (Wildman–Crippen MR) is 154 cm³/mol. The summed E-state index contributed by atoms with van der Waals surface area (Å²) in [5.41, 5.74) is 12.6. The van der Waals surface area contributed by atoms with Gasteiger partial charge in [0.2, 0.25) is 23.6 Å². The number of carbonyl (C=O) groups is 5. The fourth-order valence-corrected chi connectivity index (χ4v) is 4.62. The fourth-order valence-electron chi connectivity index (χ4n) is 4.15. The van der Waals surface area contributed by atoms with Crippen molar-refractivity contribution in [2.45, 2.75) is 70.1 Å². The van der Waals surface area contributed by atoms with Gasteiger partial charge in [-0.15, -0.1) is 0 Å². The number of carboxylic acids is 1. The zero-order valence-electron chi connectivity index (χ0n) is 23.1. The smallest absolute Gasteiger partial charge is 0.326 e. The molecule has 0 spiro atoms. The number of H-pyrrole nitrogens is 1. The van der Waals surface area contributed by atoms with Gasteiger partial charge in [0.15, 0.2) is 0 Å². The number of aromatic nitrogens is 1. The number of fused-ring (bicyclic) bond motifs is 1. The van der Waals surface area contributed by atoms with E-state index >= 15 is 0 Å². The number of carbonyl (C=O) groups excluding carboxylic acids is 4. The summed E-state index contributed by atoms with van der Waals surface area (Å²) in [5.74, 6) is -3.41. The highest BCUT2D eigenvalue weighted by Gasteiger charge is 2.32. The van der Waals surface area contributed by atoms with E-state index in [0.29, 0.717) is 12.2 Å². The highest BCUT2D eigenvalue weighted by molar-refractivity contribution is 7.98. The first kappa shape index (κ1) is 32.6. The van der Waals surface area contributed by atoms with Gasteiger partial charge in [0, 0.05) is 29.9 Å². The molecule has 13 heteroatoms. The van der Waals surface area contributed by atoms with Crippen molar-refractivity contribution in [2.75, 3.05) is 12.0 Å². The molecule has 5 atom stereocenters. The lowest BCUT2D eigenvalue weighted by Crippen LogP contribution is -2.58. The number of amides is 4. The van der Waals surface area contributed by atoms with E-state index in [1.54, 1.807) is 13.1 Å². The molecule has 0 aliphatic rings. The third-order valence-electron chi connectivity index (χ3n) is 6.79. The third-order valence-corrected chi connectivity index (χ3v) is 7.43. The molecule has 4 amide bonds. The number of carboxylic acid groups (broad SMARTS) is 1. The molecule has 0 bridgehead atoms. The van der Waals surface area contributed by atoms with E-state index in [0.717, 1.165) is 16.5 Å². The van der Waals surface area contributed by atoms with Crippen LogP contribution in [0.4, 0.5) is 0 Å². The Labute approximate surface area is 237 Å². The molecule has 5 unspecified atom stereocenters. The van der Waals surface area contributed by atoms with E-state index in [9.17, 15) is 29.1 Å². The number of primary amides is 1. The maximum Gasteiger partial charge on any atom is 0.326 e. The lowest BCUT2D eigenvalue weighted by Gasteiger charge is -2.28. The van der Waals surface area contributed by atoms with Crippen LogP contribution in [0.3, 0.4) is 0 Å². The van der Waals surface area contributed by atoms with Gasteiger partial charge in [0.05, 0.1) is 6.04 Å². The van der Waals surface area contributed by atoms with Gasteiger partial charge >= 0.3 is 5.97 Å². The maximum absolute atomic E-state index is 13.3. The number of rotatable bonds is 17. The number of benzene rings is 1. The van der Waals surface area contributed by atoms with Crippen LogP contribution in [0.1, 0.15) is 45.1 Å². The molecule has 1 aromatic carbocycles. The van der Waals surface area contributed by atoms with Crippen LogP contribution >= 0.6 is 11.8 Å². The van der Waals surface area contributed by atoms with Crippen LogP contribution in [0, 0.1) is 5.92 Å². The quantitative estimate of drug-likeness (QED) is 0.142. The topological polar surface area (TPSA) is 209 Å². The lowest BCUT2D eigenvalue weighted by atomic mass is 9.97. The monoisotopic (exact) mass is 576 g/mol. The van der Waals surface area contributed by atoms with E-state index in [1.807, 2.05) is 37.4 Å². The van der Waals surface area contributed by atoms with Crippen LogP contribution < -0.4 is 27.4 Å². The van der Waals surface area contributed by atoms with E-state index < -0.39 is 53.8 Å². The van der Waals surface area contributed by atoms with Crippen LogP contribution in [0.15, 0.2) is 30.5 Å². The van der Waals surface area contributed by atoms with Crippen molar-refractivity contribution in [3.8, 4) is 0 Å². The molecule has 0 saturated carbocycles. The zero-order valence-corrected chi connectivity index (χ0v) is 23.9. The highest BCUT2D eigenvalue weighted by Crippen LogP contribution is 2.19. The SMILES string of the molecule is CCC(C)C(NC(=O)C(N)CCC(N)=O)C(=O)NC(CCSC)C(=O)NC(Cc1c[nH]c2ccccc12)C(=O)O. The Morgan fingerprint density at radius 1 is 1.00 bits per heavy atom. The normalized spacial score (nSPS) is 14.9. The van der Waals surface area contributed by atoms with Crippen molar-refractivity contribution in [1.82, 2.24) is 20.9 Å². The molecule has 12 nitrogen and oxygen atoms in total. The molecule has 0 fully saturated rings. The first-order chi connectivity index (χ1) is 19.0. The Hall–Kier alpha value is -3.58. The Morgan fingerprint density at radius 3 is 2.30 bits per heavy atom. The number of nitrogens with two attached hydrogens (primary N) is 2. The maximum atomic E-state index is 13.3. The molecule has 0 saturated heterocycles. The second kappa shape index (κ2) is 15.9. The lowest BCUT2D eigenvalue weighted by molar-refractivity contribution is -0.142. The minimum Gasteiger partial charge on any atom is -0.480 e. The third kappa shape index (κ3) is 9.56. The number of para-hydroxylation sites is 1. The van der Waals surface area contributed by atoms with Gasteiger partial charge in [-0.3, -0.25) is 19.2 Å². The molecule has 1 aromatic heterocycles. The van der Waals surface area contributed by atoms with Crippen LogP contribution in [-0.2, 0) is 30.4 Å². The second-order valence-electron chi connectivity index (χ2n) is 9.79. The van der Waals surface area contributed by atoms with Gasteiger partial charge in [-0.25, -0.2) is 4.79 Å². The summed E-state index contributed by atoms with van der Waals surface area (Å²) in [4.78, 5) is 65.4. The molecule has 0 radical (unpaired) electrons. The van der Waals surface area contributed by atoms with Crippen LogP contribution in [0.5, 0.6) is 0 Å². The summed E-state index contributed by atoms with van der Waals surface area (Å²) in [6, 6.07) is 3.16. The number of nitrogens with one attached hydrogen (secondary N) is 4. The Balaban J connectivity index is 2.16. The summed E-state index contributed by atoms with van der Waals surface area (Å²) < 4.78 is 0. The van der Waals surface area contributed by atoms with Crippen LogP contribution in [-0.4, -0.2) is 75.9 Å².